The highest BCUT2D eigenvalue weighted by atomic mass is 35.5. The van der Waals surface area contributed by atoms with Crippen molar-refractivity contribution in [2.75, 3.05) is 0 Å². The monoisotopic (exact) mass is 446 g/mol. The third-order valence-corrected chi connectivity index (χ3v) is 5.67. The molecular formula is C21H18ClF3N6. The number of hydrogen-bond acceptors (Lipinski definition) is 4. The van der Waals surface area contributed by atoms with E-state index in [1.165, 1.54) is 4.57 Å². The molecule has 6 nitrogen and oxygen atoms in total. The normalized spacial score (nSPS) is 14.2. The van der Waals surface area contributed by atoms with Gasteiger partial charge in [0.15, 0.2) is 11.3 Å². The molecule has 0 aliphatic heterocycles. The van der Waals surface area contributed by atoms with Crippen LogP contribution in [0.4, 0.5) is 13.2 Å². The van der Waals surface area contributed by atoms with Gasteiger partial charge in [-0.15, -0.1) is 0 Å². The van der Waals surface area contributed by atoms with Gasteiger partial charge in [0.1, 0.15) is 5.82 Å². The first kappa shape index (κ1) is 20.0. The van der Waals surface area contributed by atoms with E-state index in [-0.39, 0.29) is 11.1 Å². The molecule has 0 spiro atoms. The lowest BCUT2D eigenvalue weighted by molar-refractivity contribution is -0.140. The Labute approximate surface area is 180 Å². The number of imidazole rings is 1. The molecule has 0 bridgehead atoms. The first-order valence-electron chi connectivity index (χ1n) is 9.91. The number of aromatic nitrogens is 6. The quantitative estimate of drug-likeness (QED) is 0.423. The highest BCUT2D eigenvalue weighted by Gasteiger charge is 2.34. The van der Waals surface area contributed by atoms with Crippen LogP contribution in [0, 0.1) is 0 Å². The second kappa shape index (κ2) is 7.33. The van der Waals surface area contributed by atoms with Gasteiger partial charge in [0.05, 0.1) is 23.3 Å². The molecular weight excluding hydrogens is 429 g/mol. The molecule has 0 saturated heterocycles. The van der Waals surface area contributed by atoms with Crippen LogP contribution in [0.1, 0.15) is 35.5 Å². The van der Waals surface area contributed by atoms with Gasteiger partial charge in [0.25, 0.3) is 0 Å². The van der Waals surface area contributed by atoms with Crippen molar-refractivity contribution >= 4 is 22.6 Å². The lowest BCUT2D eigenvalue weighted by Crippen LogP contribution is -2.05. The van der Waals surface area contributed by atoms with Crippen molar-refractivity contribution in [3.05, 3.63) is 58.4 Å². The topological polar surface area (TPSA) is 61.4 Å². The molecule has 0 fully saturated rings. The van der Waals surface area contributed by atoms with Gasteiger partial charge in [-0.1, -0.05) is 24.3 Å². The standard InChI is InChI=1S/C21H18ClF3N6/c1-30-11-16(21(23,24)25)27-18(30)13-8-6-12(7-9-13)10-31-19-17-14(26-20(22)28-19)4-2-3-5-15(17)29-31/h6-9,11H,2-5,10H2,1H3. The van der Waals surface area contributed by atoms with E-state index in [4.69, 9.17) is 16.7 Å². The fourth-order valence-electron chi connectivity index (χ4n) is 4.04. The van der Waals surface area contributed by atoms with Gasteiger partial charge in [-0.3, -0.25) is 0 Å². The lowest BCUT2D eigenvalue weighted by Gasteiger charge is -2.07. The van der Waals surface area contributed by atoms with Crippen LogP contribution in [0.15, 0.2) is 30.5 Å². The number of aryl methyl sites for hydroxylation is 3. The van der Waals surface area contributed by atoms with Crippen LogP contribution in [0.5, 0.6) is 0 Å². The molecule has 1 aromatic carbocycles. The van der Waals surface area contributed by atoms with E-state index in [0.29, 0.717) is 12.1 Å². The van der Waals surface area contributed by atoms with Gasteiger partial charge in [-0.05, 0) is 42.8 Å². The van der Waals surface area contributed by atoms with Gasteiger partial charge in [0.2, 0.25) is 5.28 Å². The van der Waals surface area contributed by atoms with E-state index < -0.39 is 11.9 Å². The summed E-state index contributed by atoms with van der Waals surface area (Å²) in [6, 6.07) is 7.25. The average molecular weight is 447 g/mol. The summed E-state index contributed by atoms with van der Waals surface area (Å²) in [7, 11) is 1.55. The second-order valence-corrected chi connectivity index (χ2v) is 8.04. The largest absolute Gasteiger partial charge is 0.434 e. The van der Waals surface area contributed by atoms with E-state index >= 15 is 0 Å². The van der Waals surface area contributed by atoms with Gasteiger partial charge in [0, 0.05) is 18.8 Å². The van der Waals surface area contributed by atoms with E-state index in [1.54, 1.807) is 19.2 Å². The Morgan fingerprint density at radius 3 is 2.39 bits per heavy atom. The van der Waals surface area contributed by atoms with Crippen LogP contribution in [-0.2, 0) is 32.6 Å². The molecule has 1 aliphatic rings. The summed E-state index contributed by atoms with van der Waals surface area (Å²) in [6.45, 7) is 0.470. The summed E-state index contributed by atoms with van der Waals surface area (Å²) in [4.78, 5) is 12.6. The number of alkyl halides is 3. The Kier molecular flexibility index (Phi) is 4.73. The van der Waals surface area contributed by atoms with E-state index in [9.17, 15) is 13.2 Å². The first-order valence-corrected chi connectivity index (χ1v) is 10.3. The van der Waals surface area contributed by atoms with Crippen LogP contribution in [-0.4, -0.2) is 29.3 Å². The molecule has 4 aromatic rings. The van der Waals surface area contributed by atoms with Gasteiger partial charge in [-0.2, -0.15) is 23.3 Å². The summed E-state index contributed by atoms with van der Waals surface area (Å²) >= 11 is 6.15. The van der Waals surface area contributed by atoms with Crippen LogP contribution < -0.4 is 0 Å². The third-order valence-electron chi connectivity index (χ3n) is 5.50. The van der Waals surface area contributed by atoms with Crippen LogP contribution >= 0.6 is 11.6 Å². The second-order valence-electron chi connectivity index (χ2n) is 7.70. The molecule has 31 heavy (non-hydrogen) atoms. The molecule has 5 rings (SSSR count). The average Bonchev–Trinajstić information content (AvgIpc) is 3.19. The molecule has 160 valence electrons. The van der Waals surface area contributed by atoms with E-state index in [1.807, 2.05) is 16.8 Å². The van der Waals surface area contributed by atoms with Crippen molar-refractivity contribution in [3.63, 3.8) is 0 Å². The van der Waals surface area contributed by atoms with Crippen molar-refractivity contribution in [2.24, 2.45) is 7.05 Å². The van der Waals surface area contributed by atoms with Crippen LogP contribution in [0.25, 0.3) is 22.4 Å². The number of rotatable bonds is 3. The molecule has 10 heteroatoms. The number of halogens is 4. The Balaban J connectivity index is 1.47. The van der Waals surface area contributed by atoms with Crippen molar-refractivity contribution in [2.45, 2.75) is 38.4 Å². The smallest absolute Gasteiger partial charge is 0.333 e. The molecule has 1 aliphatic carbocycles. The number of benzene rings is 1. The summed E-state index contributed by atoms with van der Waals surface area (Å²) in [5.41, 5.74) is 3.30. The van der Waals surface area contributed by atoms with Crippen LogP contribution in [0.3, 0.4) is 0 Å². The predicted molar refractivity (Wildman–Crippen MR) is 110 cm³/mol. The minimum absolute atomic E-state index is 0.211. The van der Waals surface area contributed by atoms with Crippen molar-refractivity contribution < 1.29 is 13.2 Å². The third kappa shape index (κ3) is 3.67. The molecule has 0 atom stereocenters. The summed E-state index contributed by atoms with van der Waals surface area (Å²) in [5.74, 6) is 0.261. The maximum atomic E-state index is 12.9. The minimum Gasteiger partial charge on any atom is -0.333 e. The Morgan fingerprint density at radius 1 is 1.00 bits per heavy atom. The van der Waals surface area contributed by atoms with E-state index in [0.717, 1.165) is 59.9 Å². The summed E-state index contributed by atoms with van der Waals surface area (Å²) in [5, 5.41) is 5.96. The Bertz CT molecular complexity index is 1270. The van der Waals surface area contributed by atoms with E-state index in [2.05, 4.69) is 15.0 Å². The number of nitrogens with zero attached hydrogens (tertiary/aromatic N) is 6. The summed E-state index contributed by atoms with van der Waals surface area (Å²) in [6.07, 6.45) is 0.337. The van der Waals surface area contributed by atoms with Gasteiger partial charge < -0.3 is 4.57 Å². The Morgan fingerprint density at radius 2 is 1.71 bits per heavy atom. The fourth-order valence-corrected chi connectivity index (χ4v) is 4.23. The van der Waals surface area contributed by atoms with Crippen molar-refractivity contribution in [1.82, 2.24) is 29.3 Å². The SMILES string of the molecule is Cn1cc(C(F)(F)F)nc1-c1ccc(Cn2nc3c4c(nc(Cl)nc42)CCCC3)cc1. The van der Waals surface area contributed by atoms with Crippen molar-refractivity contribution in [1.29, 1.82) is 0 Å². The molecule has 0 saturated carbocycles. The fraction of sp³-hybridized carbons (Fsp3) is 0.333. The maximum Gasteiger partial charge on any atom is 0.434 e. The van der Waals surface area contributed by atoms with Crippen molar-refractivity contribution in [3.8, 4) is 11.4 Å². The molecule has 0 N–H and O–H groups in total. The molecule has 3 heterocycles. The molecule has 0 amide bonds. The number of hydrogen-bond donors (Lipinski definition) is 0. The highest BCUT2D eigenvalue weighted by Crippen LogP contribution is 2.31. The highest BCUT2D eigenvalue weighted by molar-refractivity contribution is 6.28. The van der Waals surface area contributed by atoms with Gasteiger partial charge in [-0.25, -0.2) is 14.6 Å². The lowest BCUT2D eigenvalue weighted by atomic mass is 10.1. The van der Waals surface area contributed by atoms with Gasteiger partial charge >= 0.3 is 6.18 Å². The zero-order chi connectivity index (χ0) is 21.8. The van der Waals surface area contributed by atoms with Crippen LogP contribution in [0.2, 0.25) is 5.28 Å². The molecule has 0 radical (unpaired) electrons. The molecule has 3 aromatic heterocycles. The maximum absolute atomic E-state index is 12.9. The zero-order valence-electron chi connectivity index (χ0n) is 16.6. The summed E-state index contributed by atoms with van der Waals surface area (Å²) < 4.78 is 42.0. The molecule has 0 unspecified atom stereocenters. The Hall–Kier alpha value is -2.94. The minimum atomic E-state index is -4.47. The predicted octanol–water partition coefficient (Wildman–Crippen LogP) is 4.83. The zero-order valence-corrected chi connectivity index (χ0v) is 17.4. The first-order chi connectivity index (χ1) is 14.8.